The Morgan fingerprint density at radius 3 is 2.75 bits per heavy atom. The van der Waals surface area contributed by atoms with Crippen LogP contribution in [0.1, 0.15) is 5.56 Å². The third-order valence-corrected chi connectivity index (χ3v) is 3.17. The lowest BCUT2D eigenvalue weighted by Gasteiger charge is -2.16. The van der Waals surface area contributed by atoms with E-state index in [0.29, 0.717) is 6.67 Å². The predicted molar refractivity (Wildman–Crippen MR) is 64.4 cm³/mol. The number of nitrogens with zero attached hydrogens (tertiary/aromatic N) is 1. The molecule has 0 bridgehead atoms. The number of anilines is 1. The first-order chi connectivity index (χ1) is 7.66. The summed E-state index contributed by atoms with van der Waals surface area (Å²) in [5.41, 5.74) is 2.10. The van der Waals surface area contributed by atoms with E-state index >= 15 is 0 Å². The number of nitrogens with one attached hydrogen (secondary N) is 1. The summed E-state index contributed by atoms with van der Waals surface area (Å²) >= 11 is 0.776. The molecule has 0 spiro atoms. The van der Waals surface area contributed by atoms with E-state index in [2.05, 4.69) is 5.32 Å². The minimum atomic E-state index is -0.175. The smallest absolute Gasteiger partial charge is 0.291 e. The molecule has 1 aromatic carbocycles. The van der Waals surface area contributed by atoms with Gasteiger partial charge in [-0.05, 0) is 18.6 Å². The van der Waals surface area contributed by atoms with E-state index in [1.165, 1.54) is 4.90 Å². The number of aryl methyl sites for hydroxylation is 1. The van der Waals surface area contributed by atoms with Crippen LogP contribution < -0.4 is 5.32 Å². The molecule has 1 saturated heterocycles. The fourth-order valence-electron chi connectivity index (χ4n) is 1.49. The van der Waals surface area contributed by atoms with Gasteiger partial charge < -0.3 is 10.2 Å². The molecule has 16 heavy (non-hydrogen) atoms. The van der Waals surface area contributed by atoms with Gasteiger partial charge in [-0.3, -0.25) is 9.59 Å². The summed E-state index contributed by atoms with van der Waals surface area (Å²) in [7, 11) is 0. The van der Waals surface area contributed by atoms with E-state index in [0.717, 1.165) is 23.0 Å². The van der Waals surface area contributed by atoms with Gasteiger partial charge in [0.1, 0.15) is 0 Å². The van der Waals surface area contributed by atoms with Crippen LogP contribution in [0.15, 0.2) is 24.3 Å². The lowest BCUT2D eigenvalue weighted by molar-refractivity contribution is -0.110. The topological polar surface area (TPSA) is 49.4 Å². The minimum absolute atomic E-state index is 0.0865. The lowest BCUT2D eigenvalue weighted by Crippen LogP contribution is -2.29. The van der Waals surface area contributed by atoms with Crippen LogP contribution in [0.3, 0.4) is 0 Å². The van der Waals surface area contributed by atoms with E-state index in [-0.39, 0.29) is 16.9 Å². The number of hydrogen-bond donors (Lipinski definition) is 1. The highest BCUT2D eigenvalue weighted by Gasteiger charge is 2.28. The number of rotatable bonds is 3. The minimum Gasteiger partial charge on any atom is -0.367 e. The van der Waals surface area contributed by atoms with Gasteiger partial charge in [0, 0.05) is 17.4 Å². The monoisotopic (exact) mass is 236 g/mol. The SMILES string of the molecule is Cc1ccccc1NCN1CC(=O)SC1=O. The van der Waals surface area contributed by atoms with Crippen molar-refractivity contribution in [2.24, 2.45) is 0 Å². The van der Waals surface area contributed by atoms with Crippen LogP contribution in [0.25, 0.3) is 0 Å². The van der Waals surface area contributed by atoms with Gasteiger partial charge in [-0.25, -0.2) is 0 Å². The molecule has 5 heteroatoms. The van der Waals surface area contributed by atoms with E-state index in [1.54, 1.807) is 0 Å². The molecule has 0 aliphatic carbocycles. The van der Waals surface area contributed by atoms with Gasteiger partial charge in [0.15, 0.2) is 0 Å². The molecule has 1 aromatic rings. The summed E-state index contributed by atoms with van der Waals surface area (Å²) in [6.45, 7) is 2.57. The maximum atomic E-state index is 11.3. The summed E-state index contributed by atoms with van der Waals surface area (Å²) < 4.78 is 0. The molecular formula is C11H12N2O2S. The van der Waals surface area contributed by atoms with Gasteiger partial charge in [-0.1, -0.05) is 18.2 Å². The van der Waals surface area contributed by atoms with Crippen molar-refractivity contribution in [2.75, 3.05) is 18.5 Å². The van der Waals surface area contributed by atoms with Crippen LogP contribution in [0.2, 0.25) is 0 Å². The number of benzene rings is 1. The molecule has 1 heterocycles. The average Bonchev–Trinajstić information content (AvgIpc) is 2.56. The van der Waals surface area contributed by atoms with E-state index < -0.39 is 0 Å². The van der Waals surface area contributed by atoms with Crippen molar-refractivity contribution >= 4 is 27.8 Å². The molecule has 1 fully saturated rings. The van der Waals surface area contributed by atoms with Gasteiger partial charge in [0.25, 0.3) is 5.24 Å². The Morgan fingerprint density at radius 1 is 1.38 bits per heavy atom. The summed E-state index contributed by atoms with van der Waals surface area (Å²) in [4.78, 5) is 23.8. The molecule has 4 nitrogen and oxygen atoms in total. The standard InChI is InChI=1S/C11H12N2O2S/c1-8-4-2-3-5-9(8)12-7-13-6-10(14)16-11(13)15/h2-5,12H,6-7H2,1H3. The number of carbonyl (C=O) groups excluding carboxylic acids is 2. The van der Waals surface area contributed by atoms with Gasteiger partial charge >= 0.3 is 0 Å². The third kappa shape index (κ3) is 2.36. The molecular weight excluding hydrogens is 224 g/mol. The molecule has 1 aliphatic heterocycles. The van der Waals surface area contributed by atoms with E-state index in [1.807, 2.05) is 31.2 Å². The second-order valence-electron chi connectivity index (χ2n) is 3.59. The Morgan fingerprint density at radius 2 is 2.12 bits per heavy atom. The third-order valence-electron chi connectivity index (χ3n) is 2.38. The maximum absolute atomic E-state index is 11.3. The Labute approximate surface area is 98.0 Å². The molecule has 84 valence electrons. The Kier molecular flexibility index (Phi) is 3.14. The van der Waals surface area contributed by atoms with Crippen LogP contribution in [-0.4, -0.2) is 28.5 Å². The molecule has 0 unspecified atom stereocenters. The van der Waals surface area contributed by atoms with Crippen LogP contribution in [0.4, 0.5) is 10.5 Å². The van der Waals surface area contributed by atoms with Crippen molar-refractivity contribution in [1.82, 2.24) is 4.90 Å². The zero-order valence-electron chi connectivity index (χ0n) is 8.90. The molecule has 0 saturated carbocycles. The zero-order chi connectivity index (χ0) is 11.5. The lowest BCUT2D eigenvalue weighted by atomic mass is 10.2. The van der Waals surface area contributed by atoms with Gasteiger partial charge in [-0.2, -0.15) is 0 Å². The Balaban J connectivity index is 1.95. The molecule has 2 rings (SSSR count). The summed E-state index contributed by atoms with van der Waals surface area (Å²) in [5.74, 6) is 0. The van der Waals surface area contributed by atoms with Crippen molar-refractivity contribution in [1.29, 1.82) is 0 Å². The van der Waals surface area contributed by atoms with Crippen molar-refractivity contribution in [2.45, 2.75) is 6.92 Å². The Bertz CT molecular complexity index is 434. The second kappa shape index (κ2) is 4.57. The average molecular weight is 236 g/mol. The summed E-state index contributed by atoms with van der Waals surface area (Å²) in [6, 6.07) is 7.83. The first-order valence-corrected chi connectivity index (χ1v) is 5.77. The molecule has 0 atom stereocenters. The van der Waals surface area contributed by atoms with E-state index in [4.69, 9.17) is 0 Å². The zero-order valence-corrected chi connectivity index (χ0v) is 9.71. The molecule has 1 aliphatic rings. The Hall–Kier alpha value is -1.49. The van der Waals surface area contributed by atoms with Gasteiger partial charge in [0.05, 0.1) is 13.2 Å². The molecule has 1 amide bonds. The van der Waals surface area contributed by atoms with Crippen molar-refractivity contribution in [3.05, 3.63) is 29.8 Å². The number of thioether (sulfide) groups is 1. The summed E-state index contributed by atoms with van der Waals surface area (Å²) in [6.07, 6.45) is 0. The second-order valence-corrected chi connectivity index (χ2v) is 4.60. The van der Waals surface area contributed by atoms with Gasteiger partial charge in [-0.15, -0.1) is 0 Å². The fraction of sp³-hybridized carbons (Fsp3) is 0.273. The van der Waals surface area contributed by atoms with Gasteiger partial charge in [0.2, 0.25) is 5.12 Å². The number of amides is 1. The number of para-hydroxylation sites is 1. The first-order valence-electron chi connectivity index (χ1n) is 4.96. The van der Waals surface area contributed by atoms with Crippen LogP contribution in [0, 0.1) is 6.92 Å². The number of carbonyl (C=O) groups is 2. The molecule has 1 N–H and O–H groups in total. The first kappa shape index (κ1) is 11.0. The maximum Gasteiger partial charge on any atom is 0.291 e. The largest absolute Gasteiger partial charge is 0.367 e. The highest BCUT2D eigenvalue weighted by molar-refractivity contribution is 8.26. The van der Waals surface area contributed by atoms with E-state index in [9.17, 15) is 9.59 Å². The molecule has 0 radical (unpaired) electrons. The number of hydrogen-bond acceptors (Lipinski definition) is 4. The predicted octanol–water partition coefficient (Wildman–Crippen LogP) is 2.06. The van der Waals surface area contributed by atoms with Crippen molar-refractivity contribution < 1.29 is 9.59 Å². The summed E-state index contributed by atoms with van der Waals surface area (Å²) in [5, 5.41) is 2.88. The van der Waals surface area contributed by atoms with Crippen molar-refractivity contribution in [3.8, 4) is 0 Å². The highest BCUT2D eigenvalue weighted by atomic mass is 32.2. The normalized spacial score (nSPS) is 15.7. The fourth-order valence-corrected chi connectivity index (χ4v) is 2.16. The quantitative estimate of drug-likeness (QED) is 0.872. The van der Waals surface area contributed by atoms with Crippen molar-refractivity contribution in [3.63, 3.8) is 0 Å². The van der Waals surface area contributed by atoms with Crippen LogP contribution >= 0.6 is 11.8 Å². The highest BCUT2D eigenvalue weighted by Crippen LogP contribution is 2.19. The van der Waals surface area contributed by atoms with Crippen LogP contribution in [-0.2, 0) is 4.79 Å². The van der Waals surface area contributed by atoms with Crippen LogP contribution in [0.5, 0.6) is 0 Å². The molecule has 0 aromatic heterocycles.